The second-order valence-electron chi connectivity index (χ2n) is 5.67. The van der Waals surface area contributed by atoms with Gasteiger partial charge >= 0.3 is 0 Å². The van der Waals surface area contributed by atoms with Crippen molar-refractivity contribution in [3.05, 3.63) is 23.2 Å². The third-order valence-electron chi connectivity index (χ3n) is 4.20. The van der Waals surface area contributed by atoms with Crippen LogP contribution < -0.4 is 4.84 Å². The maximum atomic E-state index is 12.3. The summed E-state index contributed by atoms with van der Waals surface area (Å²) >= 11 is 5.96. The van der Waals surface area contributed by atoms with Crippen molar-refractivity contribution in [2.45, 2.75) is 38.1 Å². The Morgan fingerprint density at radius 3 is 2.95 bits per heavy atom. The largest absolute Gasteiger partial charge is 0.385 e. The number of carbonyl (C=O) groups is 1. The van der Waals surface area contributed by atoms with Gasteiger partial charge in [0.2, 0.25) is 0 Å². The van der Waals surface area contributed by atoms with Gasteiger partial charge in [-0.25, -0.2) is 0 Å². The average molecular weight is 323 g/mol. The van der Waals surface area contributed by atoms with Gasteiger partial charge in [0.1, 0.15) is 11.0 Å². The lowest BCUT2D eigenvalue weighted by atomic mass is 9.94. The molecular weight excluding hydrogens is 304 g/mol. The Hall–Kier alpha value is -1.82. The quantitative estimate of drug-likeness (QED) is 0.866. The van der Waals surface area contributed by atoms with E-state index in [0.717, 1.165) is 12.8 Å². The maximum Gasteiger partial charge on any atom is 0.263 e. The van der Waals surface area contributed by atoms with E-state index < -0.39 is 0 Å². The summed E-state index contributed by atoms with van der Waals surface area (Å²) in [4.78, 5) is 20.8. The van der Waals surface area contributed by atoms with E-state index in [-0.39, 0.29) is 12.5 Å². The van der Waals surface area contributed by atoms with E-state index in [1.54, 1.807) is 23.1 Å². The van der Waals surface area contributed by atoms with Crippen molar-refractivity contribution in [1.82, 2.24) is 20.1 Å². The van der Waals surface area contributed by atoms with E-state index in [1.165, 1.54) is 24.1 Å². The minimum absolute atomic E-state index is 0.0439. The highest BCUT2D eigenvalue weighted by Crippen LogP contribution is 2.21. The number of benzene rings is 1. The zero-order valence-corrected chi connectivity index (χ0v) is 13.3. The van der Waals surface area contributed by atoms with Crippen LogP contribution >= 0.6 is 11.6 Å². The third kappa shape index (κ3) is 3.16. The molecule has 0 atom stereocenters. The lowest BCUT2D eigenvalue weighted by Gasteiger charge is -2.31. The Balaban J connectivity index is 1.63. The number of likely N-dealkylation sites (N-methyl/N-ethyl adjacent to an activating group) is 1. The summed E-state index contributed by atoms with van der Waals surface area (Å²) in [5, 5.41) is 8.45. The summed E-state index contributed by atoms with van der Waals surface area (Å²) < 4.78 is 0. The normalized spacial score (nSPS) is 15.9. The van der Waals surface area contributed by atoms with E-state index in [9.17, 15) is 4.79 Å². The fraction of sp³-hybridized carbons (Fsp3) is 0.533. The van der Waals surface area contributed by atoms with Crippen LogP contribution in [-0.4, -0.2) is 45.7 Å². The molecule has 7 heteroatoms. The van der Waals surface area contributed by atoms with Crippen LogP contribution in [0.5, 0.6) is 0 Å². The first-order valence-corrected chi connectivity index (χ1v) is 7.93. The highest BCUT2D eigenvalue weighted by molar-refractivity contribution is 6.31. The third-order valence-corrected chi connectivity index (χ3v) is 4.44. The van der Waals surface area contributed by atoms with Gasteiger partial charge in [0.05, 0.1) is 0 Å². The minimum Gasteiger partial charge on any atom is -0.385 e. The Morgan fingerprint density at radius 2 is 2.18 bits per heavy atom. The lowest BCUT2D eigenvalue weighted by Crippen LogP contribution is -2.41. The van der Waals surface area contributed by atoms with Crippen LogP contribution in [0.1, 0.15) is 32.1 Å². The number of hydrogen-bond donors (Lipinski definition) is 0. The molecule has 0 radical (unpaired) electrons. The van der Waals surface area contributed by atoms with Gasteiger partial charge in [-0.15, -0.1) is 5.10 Å². The Bertz CT molecular complexity index is 667. The molecule has 0 aliphatic heterocycles. The van der Waals surface area contributed by atoms with Gasteiger partial charge in [-0.2, -0.15) is 0 Å². The smallest absolute Gasteiger partial charge is 0.263 e. The molecule has 22 heavy (non-hydrogen) atoms. The molecule has 1 aromatic heterocycles. The Labute approximate surface area is 133 Å². The summed E-state index contributed by atoms with van der Waals surface area (Å²) in [6.45, 7) is -0.0576. The van der Waals surface area contributed by atoms with Crippen molar-refractivity contribution < 1.29 is 9.63 Å². The molecule has 0 spiro atoms. The summed E-state index contributed by atoms with van der Waals surface area (Å²) in [5.41, 5.74) is 1.33. The molecule has 6 nitrogen and oxygen atoms in total. The van der Waals surface area contributed by atoms with E-state index in [1.807, 2.05) is 7.05 Å². The molecule has 1 aliphatic carbocycles. The standard InChI is InChI=1S/C15H19ClN4O2/c1-19(12-5-3-2-4-6-12)15(21)10-22-20-14-9-11(16)7-8-13(14)17-18-20/h7-9,12H,2-6,10H2,1H3. The molecule has 1 aliphatic rings. The molecule has 1 amide bonds. The molecule has 2 aromatic rings. The number of rotatable bonds is 4. The second-order valence-corrected chi connectivity index (χ2v) is 6.10. The average Bonchev–Trinajstić information content (AvgIpc) is 2.95. The van der Waals surface area contributed by atoms with Crippen molar-refractivity contribution >= 4 is 28.5 Å². The fourth-order valence-corrected chi connectivity index (χ4v) is 3.02. The van der Waals surface area contributed by atoms with Crippen LogP contribution in [0.3, 0.4) is 0 Å². The van der Waals surface area contributed by atoms with E-state index in [2.05, 4.69) is 10.3 Å². The van der Waals surface area contributed by atoms with Gasteiger partial charge in [0.25, 0.3) is 5.91 Å². The van der Waals surface area contributed by atoms with Crippen molar-refractivity contribution in [3.8, 4) is 0 Å². The topological polar surface area (TPSA) is 60.2 Å². The number of amides is 1. The van der Waals surface area contributed by atoms with Crippen LogP contribution in [-0.2, 0) is 4.79 Å². The SMILES string of the molecule is CN(C(=O)COn1nnc2ccc(Cl)cc21)C1CCCCC1. The van der Waals surface area contributed by atoms with E-state index in [4.69, 9.17) is 16.4 Å². The summed E-state index contributed by atoms with van der Waals surface area (Å²) in [5.74, 6) is -0.0439. The first-order valence-electron chi connectivity index (χ1n) is 7.55. The summed E-state index contributed by atoms with van der Waals surface area (Å²) in [7, 11) is 1.85. The minimum atomic E-state index is -0.0576. The Kier molecular flexibility index (Phi) is 4.47. The number of nitrogens with zero attached hydrogens (tertiary/aromatic N) is 4. The summed E-state index contributed by atoms with van der Waals surface area (Å²) in [6.07, 6.45) is 5.79. The van der Waals surface area contributed by atoms with Crippen LogP contribution in [0.2, 0.25) is 5.02 Å². The van der Waals surface area contributed by atoms with Gasteiger partial charge in [-0.05, 0) is 36.3 Å². The monoisotopic (exact) mass is 322 g/mol. The number of carbonyl (C=O) groups excluding carboxylic acids is 1. The highest BCUT2D eigenvalue weighted by atomic mass is 35.5. The van der Waals surface area contributed by atoms with Gasteiger partial charge < -0.3 is 9.74 Å². The predicted octanol–water partition coefficient (Wildman–Crippen LogP) is 2.30. The zero-order valence-electron chi connectivity index (χ0n) is 12.5. The van der Waals surface area contributed by atoms with Crippen LogP contribution in [0.15, 0.2) is 18.2 Å². The van der Waals surface area contributed by atoms with Crippen LogP contribution in [0.4, 0.5) is 0 Å². The maximum absolute atomic E-state index is 12.3. The molecule has 0 N–H and O–H groups in total. The van der Waals surface area contributed by atoms with Gasteiger partial charge in [-0.3, -0.25) is 4.79 Å². The molecule has 118 valence electrons. The number of fused-ring (bicyclic) bond motifs is 1. The lowest BCUT2D eigenvalue weighted by molar-refractivity contribution is -0.138. The van der Waals surface area contributed by atoms with Crippen molar-refractivity contribution in [1.29, 1.82) is 0 Å². The second kappa shape index (κ2) is 6.52. The van der Waals surface area contributed by atoms with Crippen molar-refractivity contribution in [2.75, 3.05) is 13.7 Å². The Morgan fingerprint density at radius 1 is 1.41 bits per heavy atom. The van der Waals surface area contributed by atoms with Crippen LogP contribution in [0, 0.1) is 0 Å². The molecule has 0 saturated heterocycles. The molecule has 3 rings (SSSR count). The molecule has 1 aromatic carbocycles. The number of hydrogen-bond acceptors (Lipinski definition) is 4. The first kappa shape index (κ1) is 15.1. The predicted molar refractivity (Wildman–Crippen MR) is 83.6 cm³/mol. The first-order chi connectivity index (χ1) is 10.6. The number of aromatic nitrogens is 3. The molecule has 1 fully saturated rings. The van der Waals surface area contributed by atoms with Crippen LogP contribution in [0.25, 0.3) is 11.0 Å². The van der Waals surface area contributed by atoms with Gasteiger partial charge in [0.15, 0.2) is 6.61 Å². The van der Waals surface area contributed by atoms with Crippen molar-refractivity contribution in [3.63, 3.8) is 0 Å². The molecular formula is C15H19ClN4O2. The number of halogens is 1. The van der Waals surface area contributed by atoms with E-state index >= 15 is 0 Å². The summed E-state index contributed by atoms with van der Waals surface area (Å²) in [6, 6.07) is 5.55. The molecule has 1 heterocycles. The molecule has 0 bridgehead atoms. The van der Waals surface area contributed by atoms with Gasteiger partial charge in [0, 0.05) is 18.1 Å². The fourth-order valence-electron chi connectivity index (χ4n) is 2.86. The van der Waals surface area contributed by atoms with E-state index in [0.29, 0.717) is 22.1 Å². The highest BCUT2D eigenvalue weighted by Gasteiger charge is 2.22. The van der Waals surface area contributed by atoms with Crippen molar-refractivity contribution in [2.24, 2.45) is 0 Å². The van der Waals surface area contributed by atoms with Gasteiger partial charge in [-0.1, -0.05) is 35.7 Å². The zero-order chi connectivity index (χ0) is 15.5. The molecule has 1 saturated carbocycles. The molecule has 0 unspecified atom stereocenters.